The Morgan fingerprint density at radius 3 is 2.95 bits per heavy atom. The molecule has 4 rings (SSSR count). The molecular weight excluding hydrogens is 266 g/mol. The van der Waals surface area contributed by atoms with E-state index in [2.05, 4.69) is 32.1 Å². The Kier molecular flexibility index (Phi) is 2.82. The van der Waals surface area contributed by atoms with E-state index in [0.717, 1.165) is 30.8 Å². The van der Waals surface area contributed by atoms with Crippen LogP contribution in [0.4, 0.5) is 0 Å². The molecule has 0 bridgehead atoms. The molecule has 0 unspecified atom stereocenters. The lowest BCUT2D eigenvalue weighted by atomic mass is 10.1. The minimum Gasteiger partial charge on any atom is -0.294 e. The molecule has 0 saturated carbocycles. The summed E-state index contributed by atoms with van der Waals surface area (Å²) in [5.74, 6) is 0.454. The largest absolute Gasteiger partial charge is 0.294 e. The molecule has 3 heterocycles. The number of rotatable bonds is 2. The zero-order chi connectivity index (χ0) is 14.2. The van der Waals surface area contributed by atoms with Gasteiger partial charge in [0.05, 0.1) is 11.3 Å². The molecule has 0 spiro atoms. The van der Waals surface area contributed by atoms with Crippen molar-refractivity contribution in [3.05, 3.63) is 63.8 Å². The highest BCUT2D eigenvalue weighted by atomic mass is 16.1. The Hall–Kier alpha value is -2.47. The number of H-pyrrole nitrogens is 1. The van der Waals surface area contributed by atoms with Crippen molar-refractivity contribution in [1.29, 1.82) is 0 Å². The third kappa shape index (κ3) is 2.13. The van der Waals surface area contributed by atoms with Crippen LogP contribution in [0.3, 0.4) is 0 Å². The fourth-order valence-corrected chi connectivity index (χ4v) is 2.84. The van der Waals surface area contributed by atoms with E-state index in [4.69, 9.17) is 0 Å². The third-order valence-corrected chi connectivity index (χ3v) is 3.91. The number of nitrogens with zero attached hydrogens (tertiary/aromatic N) is 4. The lowest BCUT2D eigenvalue weighted by Gasteiger charge is -2.27. The molecule has 0 amide bonds. The SMILES string of the molecule is O=c1c2c(nc3nc[nH]n13)CCN(Cc1ccccc1)C2. The monoisotopic (exact) mass is 281 g/mol. The van der Waals surface area contributed by atoms with Crippen molar-refractivity contribution in [2.75, 3.05) is 6.54 Å². The molecule has 2 aromatic heterocycles. The molecule has 0 aliphatic carbocycles. The van der Waals surface area contributed by atoms with Crippen molar-refractivity contribution in [3.63, 3.8) is 0 Å². The van der Waals surface area contributed by atoms with Gasteiger partial charge in [0.15, 0.2) is 0 Å². The molecule has 3 aromatic rings. The number of fused-ring (bicyclic) bond motifs is 2. The van der Waals surface area contributed by atoms with Crippen LogP contribution in [0.25, 0.3) is 5.78 Å². The van der Waals surface area contributed by atoms with Gasteiger partial charge in [0.25, 0.3) is 11.3 Å². The molecular formula is C15H15N5O. The van der Waals surface area contributed by atoms with E-state index in [1.807, 2.05) is 18.2 Å². The first-order valence-electron chi connectivity index (χ1n) is 7.01. The average Bonchev–Trinajstić information content (AvgIpc) is 2.98. The van der Waals surface area contributed by atoms with Gasteiger partial charge in [-0.05, 0) is 5.56 Å². The summed E-state index contributed by atoms with van der Waals surface area (Å²) in [4.78, 5) is 23.3. The molecule has 0 radical (unpaired) electrons. The topological polar surface area (TPSA) is 66.3 Å². The predicted octanol–water partition coefficient (Wildman–Crippen LogP) is 0.976. The van der Waals surface area contributed by atoms with Crippen molar-refractivity contribution in [3.8, 4) is 0 Å². The summed E-state index contributed by atoms with van der Waals surface area (Å²) in [6.07, 6.45) is 2.29. The molecule has 0 fully saturated rings. The zero-order valence-electron chi connectivity index (χ0n) is 11.5. The first-order chi connectivity index (χ1) is 10.3. The highest BCUT2D eigenvalue weighted by Crippen LogP contribution is 2.16. The lowest BCUT2D eigenvalue weighted by Crippen LogP contribution is -2.36. The fraction of sp³-hybridized carbons (Fsp3) is 0.267. The van der Waals surface area contributed by atoms with E-state index >= 15 is 0 Å². The minimum absolute atomic E-state index is 0.0368. The maximum absolute atomic E-state index is 12.5. The molecule has 1 aliphatic heterocycles. The van der Waals surface area contributed by atoms with Gasteiger partial charge in [0.1, 0.15) is 6.33 Å². The molecule has 1 aromatic carbocycles. The number of benzene rings is 1. The number of hydrogen-bond acceptors (Lipinski definition) is 4. The van der Waals surface area contributed by atoms with Gasteiger partial charge in [-0.1, -0.05) is 30.3 Å². The van der Waals surface area contributed by atoms with Crippen molar-refractivity contribution in [2.45, 2.75) is 19.5 Å². The van der Waals surface area contributed by atoms with Crippen molar-refractivity contribution in [2.24, 2.45) is 0 Å². The average molecular weight is 281 g/mol. The summed E-state index contributed by atoms with van der Waals surface area (Å²) in [6, 6.07) is 10.3. The highest BCUT2D eigenvalue weighted by Gasteiger charge is 2.22. The normalized spacial score (nSPS) is 15.2. The Labute approximate surface area is 121 Å². The summed E-state index contributed by atoms with van der Waals surface area (Å²) >= 11 is 0. The Morgan fingerprint density at radius 1 is 1.24 bits per heavy atom. The molecule has 1 aliphatic rings. The smallest absolute Gasteiger partial charge is 0.278 e. The first-order valence-corrected chi connectivity index (χ1v) is 7.01. The molecule has 0 saturated heterocycles. The van der Waals surface area contributed by atoms with Gasteiger partial charge in [-0.2, -0.15) is 4.52 Å². The van der Waals surface area contributed by atoms with Gasteiger partial charge in [0, 0.05) is 26.1 Å². The Bertz CT molecular complexity index is 836. The van der Waals surface area contributed by atoms with Gasteiger partial charge < -0.3 is 0 Å². The van der Waals surface area contributed by atoms with E-state index in [-0.39, 0.29) is 5.56 Å². The second-order valence-electron chi connectivity index (χ2n) is 5.31. The van der Waals surface area contributed by atoms with E-state index in [0.29, 0.717) is 12.3 Å². The van der Waals surface area contributed by atoms with Gasteiger partial charge >= 0.3 is 0 Å². The van der Waals surface area contributed by atoms with Gasteiger partial charge in [-0.3, -0.25) is 14.8 Å². The van der Waals surface area contributed by atoms with E-state index in [9.17, 15) is 4.79 Å². The van der Waals surface area contributed by atoms with Crippen LogP contribution in [0, 0.1) is 0 Å². The molecule has 6 heteroatoms. The Balaban J connectivity index is 1.66. The summed E-state index contributed by atoms with van der Waals surface area (Å²) in [5, 5.41) is 2.81. The molecule has 106 valence electrons. The summed E-state index contributed by atoms with van der Waals surface area (Å²) in [6.45, 7) is 2.40. The number of aromatic nitrogens is 4. The van der Waals surface area contributed by atoms with E-state index in [1.165, 1.54) is 16.4 Å². The van der Waals surface area contributed by atoms with Crippen LogP contribution in [0.1, 0.15) is 16.8 Å². The van der Waals surface area contributed by atoms with Gasteiger partial charge in [-0.25, -0.2) is 9.97 Å². The summed E-state index contributed by atoms with van der Waals surface area (Å²) < 4.78 is 1.41. The molecule has 0 atom stereocenters. The van der Waals surface area contributed by atoms with Crippen LogP contribution in [-0.2, 0) is 19.5 Å². The second kappa shape index (κ2) is 4.82. The van der Waals surface area contributed by atoms with Crippen LogP contribution in [-0.4, -0.2) is 31.0 Å². The molecule has 1 N–H and O–H groups in total. The van der Waals surface area contributed by atoms with Gasteiger partial charge in [-0.15, -0.1) is 0 Å². The Morgan fingerprint density at radius 2 is 2.10 bits per heavy atom. The van der Waals surface area contributed by atoms with Crippen molar-refractivity contribution < 1.29 is 0 Å². The van der Waals surface area contributed by atoms with E-state index < -0.39 is 0 Å². The molecule has 21 heavy (non-hydrogen) atoms. The number of aromatic amines is 1. The van der Waals surface area contributed by atoms with Crippen molar-refractivity contribution in [1.82, 2.24) is 24.5 Å². The number of hydrogen-bond donors (Lipinski definition) is 1. The minimum atomic E-state index is -0.0368. The standard InChI is InChI=1S/C15H15N5O/c21-14-12-9-19(8-11-4-2-1-3-5-11)7-6-13(12)18-15-16-10-17-20(14)15/h1-5,10H,6-9H2,(H,16,17,18). The number of nitrogens with one attached hydrogen (secondary N) is 1. The van der Waals surface area contributed by atoms with Crippen LogP contribution >= 0.6 is 0 Å². The predicted molar refractivity (Wildman–Crippen MR) is 77.9 cm³/mol. The fourth-order valence-electron chi connectivity index (χ4n) is 2.84. The summed E-state index contributed by atoms with van der Waals surface area (Å²) in [5.41, 5.74) is 2.89. The summed E-state index contributed by atoms with van der Waals surface area (Å²) in [7, 11) is 0. The highest BCUT2D eigenvalue weighted by molar-refractivity contribution is 5.32. The lowest BCUT2D eigenvalue weighted by molar-refractivity contribution is 0.241. The zero-order valence-corrected chi connectivity index (χ0v) is 11.5. The molecule has 6 nitrogen and oxygen atoms in total. The van der Waals surface area contributed by atoms with E-state index in [1.54, 1.807) is 0 Å². The van der Waals surface area contributed by atoms with Crippen molar-refractivity contribution >= 4 is 5.78 Å². The quantitative estimate of drug-likeness (QED) is 0.760. The first kappa shape index (κ1) is 12.3. The second-order valence-corrected chi connectivity index (χ2v) is 5.31. The van der Waals surface area contributed by atoms with Crippen LogP contribution < -0.4 is 5.56 Å². The maximum Gasteiger partial charge on any atom is 0.278 e. The maximum atomic E-state index is 12.5. The van der Waals surface area contributed by atoms with Crippen LogP contribution in [0.2, 0.25) is 0 Å². The van der Waals surface area contributed by atoms with Crippen LogP contribution in [0.15, 0.2) is 41.5 Å². The van der Waals surface area contributed by atoms with Crippen LogP contribution in [0.5, 0.6) is 0 Å². The van der Waals surface area contributed by atoms with Gasteiger partial charge in [0.2, 0.25) is 0 Å². The third-order valence-electron chi connectivity index (χ3n) is 3.91.